The van der Waals surface area contributed by atoms with Crippen molar-refractivity contribution >= 4 is 17.2 Å². The first-order chi connectivity index (χ1) is 13.7. The standard InChI is InChI=1S/C21H19N5OS/c1-14-22-20(26-25-14)19(15-8-4-2-5-9-15)24-18(27)12-17-13-28-21(23-17)16-10-6-3-7-11-16/h2-11,13,19H,12H2,1H3,(H,24,27)(H,22,25,26). The summed E-state index contributed by atoms with van der Waals surface area (Å²) in [4.78, 5) is 21.7. The lowest BCUT2D eigenvalue weighted by Crippen LogP contribution is -2.31. The number of aromatic amines is 1. The van der Waals surface area contributed by atoms with Crippen LogP contribution in [0, 0.1) is 6.92 Å². The summed E-state index contributed by atoms with van der Waals surface area (Å²) in [5.74, 6) is 1.12. The molecule has 0 aliphatic carbocycles. The van der Waals surface area contributed by atoms with Crippen LogP contribution in [-0.4, -0.2) is 26.1 Å². The number of hydrogen-bond acceptors (Lipinski definition) is 5. The maximum absolute atomic E-state index is 12.7. The molecule has 4 aromatic rings. The third kappa shape index (κ3) is 4.15. The maximum Gasteiger partial charge on any atom is 0.226 e. The van der Waals surface area contributed by atoms with E-state index in [1.807, 2.05) is 73.0 Å². The van der Waals surface area contributed by atoms with Crippen molar-refractivity contribution in [3.63, 3.8) is 0 Å². The van der Waals surface area contributed by atoms with Crippen LogP contribution in [0.1, 0.15) is 28.9 Å². The van der Waals surface area contributed by atoms with Crippen LogP contribution in [0.3, 0.4) is 0 Å². The Kier molecular flexibility index (Phi) is 5.25. The number of H-pyrrole nitrogens is 1. The monoisotopic (exact) mass is 389 g/mol. The SMILES string of the molecule is Cc1nc(C(NC(=O)Cc2csc(-c3ccccc3)n2)c2ccccc2)n[nH]1. The quantitative estimate of drug-likeness (QED) is 0.527. The van der Waals surface area contributed by atoms with Crippen molar-refractivity contribution in [2.24, 2.45) is 0 Å². The highest BCUT2D eigenvalue weighted by atomic mass is 32.1. The molecule has 1 amide bonds. The van der Waals surface area contributed by atoms with E-state index in [9.17, 15) is 4.79 Å². The van der Waals surface area contributed by atoms with Gasteiger partial charge in [0.05, 0.1) is 12.1 Å². The number of nitrogens with one attached hydrogen (secondary N) is 2. The summed E-state index contributed by atoms with van der Waals surface area (Å²) in [5, 5.41) is 13.0. The Labute approximate surface area is 166 Å². The normalized spacial score (nSPS) is 11.9. The van der Waals surface area contributed by atoms with E-state index in [1.54, 1.807) is 0 Å². The second-order valence-electron chi connectivity index (χ2n) is 6.38. The summed E-state index contributed by atoms with van der Waals surface area (Å²) in [5.41, 5.74) is 2.73. The first kappa shape index (κ1) is 18.1. The van der Waals surface area contributed by atoms with Crippen molar-refractivity contribution in [2.75, 3.05) is 0 Å². The fraction of sp³-hybridized carbons (Fsp3) is 0.143. The van der Waals surface area contributed by atoms with E-state index in [4.69, 9.17) is 0 Å². The van der Waals surface area contributed by atoms with Crippen LogP contribution in [0.4, 0.5) is 0 Å². The molecular formula is C21H19N5OS. The van der Waals surface area contributed by atoms with Crippen molar-refractivity contribution in [3.8, 4) is 10.6 Å². The second-order valence-corrected chi connectivity index (χ2v) is 7.24. The fourth-order valence-electron chi connectivity index (χ4n) is 2.91. The first-order valence-corrected chi connectivity index (χ1v) is 9.80. The summed E-state index contributed by atoms with van der Waals surface area (Å²) in [7, 11) is 0. The number of aromatic nitrogens is 4. The molecule has 0 saturated heterocycles. The summed E-state index contributed by atoms with van der Waals surface area (Å²) >= 11 is 1.54. The molecule has 1 atom stereocenters. The lowest BCUT2D eigenvalue weighted by molar-refractivity contribution is -0.121. The van der Waals surface area contributed by atoms with Crippen LogP contribution in [0.5, 0.6) is 0 Å². The number of aryl methyl sites for hydroxylation is 1. The van der Waals surface area contributed by atoms with Gasteiger partial charge in [-0.3, -0.25) is 9.89 Å². The minimum atomic E-state index is -0.411. The molecule has 1 unspecified atom stereocenters. The number of carbonyl (C=O) groups excluding carboxylic acids is 1. The summed E-state index contributed by atoms with van der Waals surface area (Å²) < 4.78 is 0. The van der Waals surface area contributed by atoms with Gasteiger partial charge in [-0.15, -0.1) is 11.3 Å². The highest BCUT2D eigenvalue weighted by Gasteiger charge is 2.21. The maximum atomic E-state index is 12.7. The van der Waals surface area contributed by atoms with Gasteiger partial charge in [-0.2, -0.15) is 5.10 Å². The van der Waals surface area contributed by atoms with Crippen molar-refractivity contribution < 1.29 is 4.79 Å². The van der Waals surface area contributed by atoms with Crippen LogP contribution in [-0.2, 0) is 11.2 Å². The van der Waals surface area contributed by atoms with Crippen molar-refractivity contribution in [1.29, 1.82) is 0 Å². The summed E-state index contributed by atoms with van der Waals surface area (Å²) in [6.45, 7) is 1.83. The lowest BCUT2D eigenvalue weighted by Gasteiger charge is -2.16. The van der Waals surface area contributed by atoms with E-state index in [0.29, 0.717) is 11.6 Å². The molecule has 0 aliphatic heterocycles. The van der Waals surface area contributed by atoms with Gasteiger partial charge in [0.2, 0.25) is 5.91 Å². The van der Waals surface area contributed by atoms with Gasteiger partial charge in [-0.05, 0) is 12.5 Å². The second kappa shape index (κ2) is 8.14. The van der Waals surface area contributed by atoms with E-state index in [-0.39, 0.29) is 12.3 Å². The van der Waals surface area contributed by atoms with Crippen LogP contribution in [0.15, 0.2) is 66.0 Å². The molecule has 0 bridgehead atoms. The third-order valence-corrected chi connectivity index (χ3v) is 5.17. The number of hydrogen-bond donors (Lipinski definition) is 2. The van der Waals surface area contributed by atoms with Gasteiger partial charge in [-0.25, -0.2) is 9.97 Å². The zero-order valence-electron chi connectivity index (χ0n) is 15.3. The highest BCUT2D eigenvalue weighted by Crippen LogP contribution is 2.24. The topological polar surface area (TPSA) is 83.6 Å². The number of nitrogens with zero attached hydrogens (tertiary/aromatic N) is 3. The Bertz CT molecular complexity index is 1060. The molecule has 2 heterocycles. The zero-order valence-corrected chi connectivity index (χ0v) is 16.1. The zero-order chi connectivity index (χ0) is 19.3. The van der Waals surface area contributed by atoms with Crippen LogP contribution in [0.2, 0.25) is 0 Å². The van der Waals surface area contributed by atoms with E-state index in [2.05, 4.69) is 25.5 Å². The number of thiazole rings is 1. The molecule has 0 saturated carbocycles. The smallest absolute Gasteiger partial charge is 0.226 e. The Balaban J connectivity index is 1.50. The number of benzene rings is 2. The van der Waals surface area contributed by atoms with E-state index >= 15 is 0 Å². The predicted octanol–water partition coefficient (Wildman–Crippen LogP) is 3.68. The molecule has 0 fully saturated rings. The van der Waals surface area contributed by atoms with Crippen molar-refractivity contribution in [2.45, 2.75) is 19.4 Å². The Morgan fingerprint density at radius 1 is 1.07 bits per heavy atom. The van der Waals surface area contributed by atoms with Crippen LogP contribution in [0.25, 0.3) is 10.6 Å². The predicted molar refractivity (Wildman–Crippen MR) is 109 cm³/mol. The van der Waals surface area contributed by atoms with Crippen LogP contribution >= 0.6 is 11.3 Å². The average Bonchev–Trinajstić information content (AvgIpc) is 3.36. The third-order valence-electron chi connectivity index (χ3n) is 4.23. The van der Waals surface area contributed by atoms with Crippen LogP contribution < -0.4 is 5.32 Å². The van der Waals surface area contributed by atoms with Crippen molar-refractivity contribution in [3.05, 3.63) is 88.9 Å². The van der Waals surface area contributed by atoms with Gasteiger partial charge in [-0.1, -0.05) is 60.7 Å². The number of amides is 1. The Morgan fingerprint density at radius 2 is 1.79 bits per heavy atom. The summed E-state index contributed by atoms with van der Waals surface area (Å²) in [6, 6.07) is 19.2. The molecule has 6 nitrogen and oxygen atoms in total. The van der Waals surface area contributed by atoms with E-state index in [1.165, 1.54) is 11.3 Å². The Morgan fingerprint density at radius 3 is 2.46 bits per heavy atom. The van der Waals surface area contributed by atoms with Gasteiger partial charge < -0.3 is 5.32 Å². The van der Waals surface area contributed by atoms with Gasteiger partial charge in [0.25, 0.3) is 0 Å². The number of carbonyl (C=O) groups is 1. The fourth-order valence-corrected chi connectivity index (χ4v) is 3.74. The molecule has 2 aromatic heterocycles. The molecule has 140 valence electrons. The summed E-state index contributed by atoms with van der Waals surface area (Å²) in [6.07, 6.45) is 0.204. The molecule has 0 spiro atoms. The molecule has 2 aromatic carbocycles. The minimum Gasteiger partial charge on any atom is -0.342 e. The molecule has 2 N–H and O–H groups in total. The molecule has 0 radical (unpaired) electrons. The van der Waals surface area contributed by atoms with Gasteiger partial charge in [0.15, 0.2) is 5.82 Å². The minimum absolute atomic E-state index is 0.124. The molecule has 4 rings (SSSR count). The van der Waals surface area contributed by atoms with Crippen molar-refractivity contribution in [1.82, 2.24) is 25.5 Å². The Hall–Kier alpha value is -3.32. The molecule has 0 aliphatic rings. The van der Waals surface area contributed by atoms with E-state index in [0.717, 1.165) is 21.8 Å². The van der Waals surface area contributed by atoms with Gasteiger partial charge in [0, 0.05) is 10.9 Å². The number of rotatable bonds is 6. The lowest BCUT2D eigenvalue weighted by atomic mass is 10.1. The molecule has 28 heavy (non-hydrogen) atoms. The first-order valence-electron chi connectivity index (χ1n) is 8.92. The largest absolute Gasteiger partial charge is 0.342 e. The van der Waals surface area contributed by atoms with Gasteiger partial charge >= 0.3 is 0 Å². The molecular weight excluding hydrogens is 370 g/mol. The highest BCUT2D eigenvalue weighted by molar-refractivity contribution is 7.13. The molecule has 7 heteroatoms. The average molecular weight is 389 g/mol. The van der Waals surface area contributed by atoms with Gasteiger partial charge in [0.1, 0.15) is 16.9 Å². The van der Waals surface area contributed by atoms with E-state index < -0.39 is 6.04 Å².